The molecule has 0 aromatic heterocycles. The van der Waals surface area contributed by atoms with Crippen LogP contribution in [0.2, 0.25) is 0 Å². The van der Waals surface area contributed by atoms with Crippen molar-refractivity contribution in [2.45, 2.75) is 38.5 Å². The van der Waals surface area contributed by atoms with Crippen molar-refractivity contribution in [2.24, 2.45) is 11.8 Å². The van der Waals surface area contributed by atoms with Gasteiger partial charge in [0.1, 0.15) is 0 Å². The van der Waals surface area contributed by atoms with E-state index < -0.39 is 17.8 Å². The van der Waals surface area contributed by atoms with Crippen LogP contribution in [0.15, 0.2) is 30.4 Å². The van der Waals surface area contributed by atoms with E-state index in [2.05, 4.69) is 11.4 Å². The van der Waals surface area contributed by atoms with Crippen LogP contribution >= 0.6 is 0 Å². The summed E-state index contributed by atoms with van der Waals surface area (Å²) in [4.78, 5) is 23.7. The number of anilines is 1. The first-order valence-corrected chi connectivity index (χ1v) is 7.95. The number of hydrogen-bond donors (Lipinski definition) is 2. The number of carbonyl (C=O) groups is 2. The number of carbonyl (C=O) groups excluding carboxylic acids is 1. The second kappa shape index (κ2) is 6.34. The number of carboxylic acid groups (broad SMARTS) is 1. The Morgan fingerprint density at radius 2 is 1.68 bits per heavy atom. The monoisotopic (exact) mass is 299 g/mol. The Morgan fingerprint density at radius 3 is 2.41 bits per heavy atom. The quantitative estimate of drug-likeness (QED) is 0.842. The van der Waals surface area contributed by atoms with Gasteiger partial charge >= 0.3 is 5.97 Å². The molecule has 116 valence electrons. The maximum Gasteiger partial charge on any atom is 0.307 e. The van der Waals surface area contributed by atoms with Gasteiger partial charge in [-0.15, -0.1) is 0 Å². The zero-order chi connectivity index (χ0) is 15.5. The van der Waals surface area contributed by atoms with E-state index >= 15 is 0 Å². The number of aryl methyl sites for hydroxylation is 2. The molecule has 0 saturated carbocycles. The molecule has 1 aromatic rings. The average molecular weight is 299 g/mol. The summed E-state index contributed by atoms with van der Waals surface area (Å²) in [6.07, 6.45) is 9.26. The Morgan fingerprint density at radius 1 is 1.00 bits per heavy atom. The fraction of sp³-hybridized carbons (Fsp3) is 0.444. The molecule has 2 aliphatic rings. The summed E-state index contributed by atoms with van der Waals surface area (Å²) >= 11 is 0. The van der Waals surface area contributed by atoms with Crippen LogP contribution in [-0.2, 0) is 22.4 Å². The minimum Gasteiger partial charge on any atom is -0.481 e. The maximum absolute atomic E-state index is 12.4. The van der Waals surface area contributed by atoms with Gasteiger partial charge in [0.25, 0.3) is 0 Å². The van der Waals surface area contributed by atoms with Gasteiger partial charge in [0.05, 0.1) is 11.8 Å². The molecule has 1 amide bonds. The van der Waals surface area contributed by atoms with Crippen LogP contribution in [0.5, 0.6) is 0 Å². The van der Waals surface area contributed by atoms with Gasteiger partial charge in [-0.25, -0.2) is 0 Å². The molecule has 0 saturated heterocycles. The number of nitrogens with one attached hydrogen (secondary N) is 1. The van der Waals surface area contributed by atoms with Gasteiger partial charge in [-0.3, -0.25) is 9.59 Å². The molecule has 4 nitrogen and oxygen atoms in total. The standard InChI is InChI=1S/C18H21NO3/c20-17(15-7-3-4-8-16(15)18(21)22)19-14-10-9-12-5-1-2-6-13(12)11-14/h3-4,9-11,15-16H,1-2,5-8H2,(H,19,20)(H,21,22)/t15-,16+/m0/s1. The topological polar surface area (TPSA) is 66.4 Å². The number of allylic oxidation sites excluding steroid dienone is 2. The van der Waals surface area contributed by atoms with E-state index in [0.717, 1.165) is 18.5 Å². The molecule has 3 rings (SSSR count). The predicted octanol–water partition coefficient (Wildman–Crippen LogP) is 3.17. The van der Waals surface area contributed by atoms with Gasteiger partial charge in [-0.1, -0.05) is 18.2 Å². The SMILES string of the molecule is O=C(Nc1ccc2c(c1)CCCC2)[C@H]1CC=CC[C@H]1C(=O)O. The second-order valence-electron chi connectivity index (χ2n) is 6.17. The molecule has 0 fully saturated rings. The highest BCUT2D eigenvalue weighted by Crippen LogP contribution is 2.28. The third kappa shape index (κ3) is 3.06. The van der Waals surface area contributed by atoms with Gasteiger partial charge in [-0.2, -0.15) is 0 Å². The van der Waals surface area contributed by atoms with Crippen molar-refractivity contribution in [1.82, 2.24) is 0 Å². The summed E-state index contributed by atoms with van der Waals surface area (Å²) in [5, 5.41) is 12.2. The summed E-state index contributed by atoms with van der Waals surface area (Å²) in [7, 11) is 0. The highest BCUT2D eigenvalue weighted by Gasteiger charge is 2.33. The number of benzene rings is 1. The Hall–Kier alpha value is -2.10. The highest BCUT2D eigenvalue weighted by atomic mass is 16.4. The Kier molecular flexibility index (Phi) is 4.27. The van der Waals surface area contributed by atoms with E-state index in [0.29, 0.717) is 12.8 Å². The van der Waals surface area contributed by atoms with E-state index in [1.165, 1.54) is 24.0 Å². The van der Waals surface area contributed by atoms with Crippen LogP contribution in [0, 0.1) is 11.8 Å². The lowest BCUT2D eigenvalue weighted by Crippen LogP contribution is -2.34. The molecule has 0 bridgehead atoms. The third-order valence-corrected chi connectivity index (χ3v) is 4.70. The fourth-order valence-corrected chi connectivity index (χ4v) is 3.42. The molecule has 2 N–H and O–H groups in total. The molecular weight excluding hydrogens is 278 g/mol. The Balaban J connectivity index is 1.73. The van der Waals surface area contributed by atoms with E-state index in [1.54, 1.807) is 0 Å². The third-order valence-electron chi connectivity index (χ3n) is 4.70. The van der Waals surface area contributed by atoms with Crippen molar-refractivity contribution in [3.8, 4) is 0 Å². The van der Waals surface area contributed by atoms with Crippen LogP contribution in [0.4, 0.5) is 5.69 Å². The van der Waals surface area contributed by atoms with Crippen molar-refractivity contribution in [3.05, 3.63) is 41.5 Å². The molecule has 2 atom stereocenters. The van der Waals surface area contributed by atoms with E-state index in [9.17, 15) is 14.7 Å². The van der Waals surface area contributed by atoms with E-state index in [1.807, 2.05) is 24.3 Å². The lowest BCUT2D eigenvalue weighted by atomic mass is 9.82. The lowest BCUT2D eigenvalue weighted by molar-refractivity contribution is -0.146. The second-order valence-corrected chi connectivity index (χ2v) is 6.17. The molecule has 22 heavy (non-hydrogen) atoms. The smallest absolute Gasteiger partial charge is 0.307 e. The molecule has 2 aliphatic carbocycles. The fourth-order valence-electron chi connectivity index (χ4n) is 3.42. The number of hydrogen-bond acceptors (Lipinski definition) is 2. The summed E-state index contributed by atoms with van der Waals surface area (Å²) in [6.45, 7) is 0. The van der Waals surface area contributed by atoms with Crippen molar-refractivity contribution in [1.29, 1.82) is 0 Å². The van der Waals surface area contributed by atoms with Crippen molar-refractivity contribution in [3.63, 3.8) is 0 Å². The van der Waals surface area contributed by atoms with Crippen LogP contribution in [0.25, 0.3) is 0 Å². The number of carboxylic acids is 1. The molecule has 1 aromatic carbocycles. The van der Waals surface area contributed by atoms with Crippen LogP contribution in [0.1, 0.15) is 36.8 Å². The number of aliphatic carboxylic acids is 1. The average Bonchev–Trinajstić information content (AvgIpc) is 2.54. The maximum atomic E-state index is 12.4. The normalized spacial score (nSPS) is 23.6. The molecule has 0 aliphatic heterocycles. The van der Waals surface area contributed by atoms with E-state index in [4.69, 9.17) is 0 Å². The minimum absolute atomic E-state index is 0.187. The predicted molar refractivity (Wildman–Crippen MR) is 84.7 cm³/mol. The first-order chi connectivity index (χ1) is 10.6. The largest absolute Gasteiger partial charge is 0.481 e. The summed E-state index contributed by atoms with van der Waals surface area (Å²) in [5.74, 6) is -2.19. The lowest BCUT2D eigenvalue weighted by Gasteiger charge is -2.24. The van der Waals surface area contributed by atoms with Gasteiger partial charge < -0.3 is 10.4 Å². The first kappa shape index (κ1) is 14.8. The first-order valence-electron chi connectivity index (χ1n) is 7.95. The van der Waals surface area contributed by atoms with Crippen LogP contribution in [0.3, 0.4) is 0 Å². The molecule has 0 heterocycles. The molecule has 0 unspecified atom stereocenters. The van der Waals surface area contributed by atoms with Gasteiger partial charge in [0.2, 0.25) is 5.91 Å². The van der Waals surface area contributed by atoms with Crippen molar-refractivity contribution < 1.29 is 14.7 Å². The van der Waals surface area contributed by atoms with E-state index in [-0.39, 0.29) is 5.91 Å². The van der Waals surface area contributed by atoms with Crippen molar-refractivity contribution in [2.75, 3.05) is 5.32 Å². The van der Waals surface area contributed by atoms with Crippen molar-refractivity contribution >= 4 is 17.6 Å². The summed E-state index contributed by atoms with van der Waals surface area (Å²) < 4.78 is 0. The zero-order valence-electron chi connectivity index (χ0n) is 12.5. The summed E-state index contributed by atoms with van der Waals surface area (Å²) in [5.41, 5.74) is 3.46. The van der Waals surface area contributed by atoms with Gasteiger partial charge in [0, 0.05) is 5.69 Å². The summed E-state index contributed by atoms with van der Waals surface area (Å²) in [6, 6.07) is 6.05. The Labute approximate surface area is 130 Å². The molecule has 4 heteroatoms. The van der Waals surface area contributed by atoms with Gasteiger partial charge in [0.15, 0.2) is 0 Å². The molecule has 0 spiro atoms. The molecule has 0 radical (unpaired) electrons. The Bertz CT molecular complexity index is 621. The van der Waals surface area contributed by atoms with Gasteiger partial charge in [-0.05, 0) is 61.8 Å². The number of fused-ring (bicyclic) bond motifs is 1. The van der Waals surface area contributed by atoms with Crippen LogP contribution < -0.4 is 5.32 Å². The zero-order valence-corrected chi connectivity index (χ0v) is 12.5. The minimum atomic E-state index is -0.894. The van der Waals surface area contributed by atoms with Crippen LogP contribution in [-0.4, -0.2) is 17.0 Å². The highest BCUT2D eigenvalue weighted by molar-refractivity contribution is 5.95. The number of rotatable bonds is 3. The molecular formula is C18H21NO3. The number of amides is 1.